The van der Waals surface area contributed by atoms with E-state index < -0.39 is 5.91 Å². The molecule has 0 saturated carbocycles. The summed E-state index contributed by atoms with van der Waals surface area (Å²) in [6.07, 6.45) is 3.32. The van der Waals surface area contributed by atoms with E-state index in [0.717, 1.165) is 5.56 Å². The fourth-order valence-electron chi connectivity index (χ4n) is 2.40. The summed E-state index contributed by atoms with van der Waals surface area (Å²) in [6.45, 7) is 1.35. The van der Waals surface area contributed by atoms with E-state index in [1.54, 1.807) is 42.0 Å². The third-order valence-electron chi connectivity index (χ3n) is 3.68. The number of hydrogen-bond acceptors (Lipinski definition) is 6. The molecule has 0 aliphatic rings. The number of benzene rings is 1. The molecule has 3 aromatic rings. The van der Waals surface area contributed by atoms with Gasteiger partial charge in [0, 0.05) is 33.9 Å². The quantitative estimate of drug-likeness (QED) is 0.329. The monoisotopic (exact) mass is 398 g/mol. The number of nitrogens with zero attached hydrogens (tertiary/aromatic N) is 2. The lowest BCUT2D eigenvalue weighted by molar-refractivity contribution is -0.112. The molecule has 0 radical (unpaired) electrons. The summed E-state index contributed by atoms with van der Waals surface area (Å²) in [7, 11) is 0. The Labute approximate surface area is 164 Å². The fourth-order valence-corrected chi connectivity index (χ4v) is 3.35. The summed E-state index contributed by atoms with van der Waals surface area (Å²) < 4.78 is 0. The van der Waals surface area contributed by atoms with Crippen LogP contribution in [0, 0.1) is 5.41 Å². The van der Waals surface area contributed by atoms with Crippen LogP contribution in [0.2, 0.25) is 5.02 Å². The Kier molecular flexibility index (Phi) is 5.63. The van der Waals surface area contributed by atoms with Gasteiger partial charge in [-0.15, -0.1) is 11.3 Å². The maximum Gasteiger partial charge on any atom is 0.263 e. The van der Waals surface area contributed by atoms with E-state index in [9.17, 15) is 9.90 Å². The summed E-state index contributed by atoms with van der Waals surface area (Å²) in [4.78, 5) is 21.0. The highest BCUT2D eigenvalue weighted by molar-refractivity contribution is 7.14. The molecule has 136 valence electrons. The summed E-state index contributed by atoms with van der Waals surface area (Å²) in [5, 5.41) is 23.4. The second-order valence-corrected chi connectivity index (χ2v) is 6.81. The van der Waals surface area contributed by atoms with Gasteiger partial charge in [0.15, 0.2) is 5.13 Å². The second kappa shape index (κ2) is 8.11. The van der Waals surface area contributed by atoms with Crippen molar-refractivity contribution in [3.05, 3.63) is 76.1 Å². The Balaban J connectivity index is 1.83. The molecule has 0 unspecified atom stereocenters. The molecule has 0 saturated heterocycles. The average Bonchev–Trinajstić information content (AvgIpc) is 3.11. The number of halogens is 1. The smallest absolute Gasteiger partial charge is 0.263 e. The van der Waals surface area contributed by atoms with Gasteiger partial charge in [0.25, 0.3) is 5.91 Å². The Bertz CT molecular complexity index is 1030. The van der Waals surface area contributed by atoms with E-state index in [2.05, 4.69) is 15.3 Å². The van der Waals surface area contributed by atoms with Gasteiger partial charge in [-0.05, 0) is 25.1 Å². The molecule has 0 atom stereocenters. The fraction of sp³-hybridized carbons (Fsp3) is 0.0526. The number of rotatable bonds is 5. The van der Waals surface area contributed by atoms with Crippen molar-refractivity contribution in [1.29, 1.82) is 5.41 Å². The minimum atomic E-state index is -0.629. The maximum absolute atomic E-state index is 12.7. The van der Waals surface area contributed by atoms with Crippen LogP contribution in [0.3, 0.4) is 0 Å². The Morgan fingerprint density at radius 1 is 1.22 bits per heavy atom. The number of pyridine rings is 1. The third-order valence-corrected chi connectivity index (χ3v) is 4.77. The first-order valence-corrected chi connectivity index (χ1v) is 9.14. The predicted molar refractivity (Wildman–Crippen MR) is 108 cm³/mol. The molecule has 8 heteroatoms. The number of aliphatic hydroxyl groups is 1. The van der Waals surface area contributed by atoms with Gasteiger partial charge in [0.1, 0.15) is 11.3 Å². The number of anilines is 1. The molecule has 0 aliphatic heterocycles. The molecule has 0 aliphatic carbocycles. The minimum Gasteiger partial charge on any atom is -0.512 e. The van der Waals surface area contributed by atoms with Crippen molar-refractivity contribution in [2.24, 2.45) is 0 Å². The van der Waals surface area contributed by atoms with Crippen molar-refractivity contribution in [3.8, 4) is 11.3 Å². The van der Waals surface area contributed by atoms with Crippen LogP contribution in [0.25, 0.3) is 11.3 Å². The van der Waals surface area contributed by atoms with Crippen molar-refractivity contribution < 1.29 is 9.90 Å². The van der Waals surface area contributed by atoms with E-state index in [-0.39, 0.29) is 17.0 Å². The lowest BCUT2D eigenvalue weighted by Gasteiger charge is -2.11. The molecule has 6 nitrogen and oxygen atoms in total. The first-order chi connectivity index (χ1) is 13.0. The van der Waals surface area contributed by atoms with Crippen LogP contribution in [0.1, 0.15) is 12.5 Å². The highest BCUT2D eigenvalue weighted by Crippen LogP contribution is 2.26. The third kappa shape index (κ3) is 4.21. The normalized spacial score (nSPS) is 11.6. The molecular formula is C19H15ClN4O2S. The first-order valence-electron chi connectivity index (χ1n) is 7.88. The molecule has 1 aromatic carbocycles. The number of hydrogen-bond donors (Lipinski definition) is 3. The minimum absolute atomic E-state index is 0.163. The van der Waals surface area contributed by atoms with Gasteiger partial charge in [-0.2, -0.15) is 0 Å². The number of amides is 1. The predicted octanol–water partition coefficient (Wildman–Crippen LogP) is 4.70. The van der Waals surface area contributed by atoms with Crippen LogP contribution in [0.15, 0.2) is 65.5 Å². The summed E-state index contributed by atoms with van der Waals surface area (Å²) >= 11 is 7.36. The van der Waals surface area contributed by atoms with Crippen molar-refractivity contribution in [3.63, 3.8) is 0 Å². The Hall–Kier alpha value is -3.03. The van der Waals surface area contributed by atoms with Gasteiger partial charge >= 0.3 is 0 Å². The number of carbonyl (C=O) groups excluding carboxylic acids is 1. The molecule has 0 fully saturated rings. The largest absolute Gasteiger partial charge is 0.512 e. The Morgan fingerprint density at radius 2 is 1.93 bits per heavy atom. The van der Waals surface area contributed by atoms with Gasteiger partial charge in [-0.3, -0.25) is 20.5 Å². The Morgan fingerprint density at radius 3 is 2.59 bits per heavy atom. The number of carbonyl (C=O) groups is 1. The van der Waals surface area contributed by atoms with Gasteiger partial charge in [0.2, 0.25) is 0 Å². The van der Waals surface area contributed by atoms with Crippen LogP contribution in [0.5, 0.6) is 0 Å². The van der Waals surface area contributed by atoms with Gasteiger partial charge in [-0.25, -0.2) is 4.98 Å². The van der Waals surface area contributed by atoms with E-state index in [1.807, 2.05) is 12.1 Å². The molecule has 27 heavy (non-hydrogen) atoms. The lowest BCUT2D eigenvalue weighted by Crippen LogP contribution is -2.22. The van der Waals surface area contributed by atoms with Crippen molar-refractivity contribution >= 4 is 39.7 Å². The zero-order valence-electron chi connectivity index (χ0n) is 14.2. The first kappa shape index (κ1) is 18.8. The molecular weight excluding hydrogens is 384 g/mol. The number of aliphatic hydroxyl groups excluding tert-OH is 1. The molecule has 3 N–H and O–H groups in total. The lowest BCUT2D eigenvalue weighted by atomic mass is 10.0. The highest BCUT2D eigenvalue weighted by Gasteiger charge is 2.22. The summed E-state index contributed by atoms with van der Waals surface area (Å²) in [5.74, 6) is -0.904. The second-order valence-electron chi connectivity index (χ2n) is 5.54. The van der Waals surface area contributed by atoms with E-state index >= 15 is 0 Å². The van der Waals surface area contributed by atoms with Gasteiger partial charge < -0.3 is 5.11 Å². The molecule has 0 spiro atoms. The molecule has 2 heterocycles. The maximum atomic E-state index is 12.7. The van der Waals surface area contributed by atoms with Crippen molar-refractivity contribution in [2.75, 3.05) is 5.32 Å². The number of aromatic nitrogens is 2. The number of nitrogens with one attached hydrogen (secondary N) is 2. The zero-order valence-corrected chi connectivity index (χ0v) is 15.8. The number of allylic oxidation sites excluding steroid dienone is 1. The SMILES string of the molecule is C/C(O)=C(/C(=N)c1ccccc1Cl)C(=O)Nc1nc(-c2ccncc2)cs1. The molecule has 0 bridgehead atoms. The van der Waals surface area contributed by atoms with E-state index in [4.69, 9.17) is 17.0 Å². The van der Waals surface area contributed by atoms with Gasteiger partial charge in [-0.1, -0.05) is 29.8 Å². The summed E-state index contributed by atoms with van der Waals surface area (Å²) in [6, 6.07) is 10.3. The summed E-state index contributed by atoms with van der Waals surface area (Å²) in [5.41, 5.74) is 1.60. The number of thiazole rings is 1. The van der Waals surface area contributed by atoms with Crippen molar-refractivity contribution in [2.45, 2.75) is 6.92 Å². The average molecular weight is 399 g/mol. The van der Waals surface area contributed by atoms with Gasteiger partial charge in [0.05, 0.1) is 11.4 Å². The van der Waals surface area contributed by atoms with E-state index in [1.165, 1.54) is 18.3 Å². The van der Waals surface area contributed by atoms with Crippen LogP contribution in [-0.4, -0.2) is 26.7 Å². The standard InChI is InChI=1S/C19H15ClN4O2S/c1-11(25)16(17(21)13-4-2-3-5-14(13)20)18(26)24-19-23-15(10-27-19)12-6-8-22-9-7-12/h2-10,21,25H,1H3,(H,23,24,26)/b16-11+,21-17?. The van der Waals surface area contributed by atoms with Crippen LogP contribution < -0.4 is 5.32 Å². The topological polar surface area (TPSA) is 99.0 Å². The molecule has 1 amide bonds. The molecule has 3 rings (SSSR count). The highest BCUT2D eigenvalue weighted by atomic mass is 35.5. The zero-order chi connectivity index (χ0) is 19.4. The molecule has 2 aromatic heterocycles. The van der Waals surface area contributed by atoms with Crippen molar-refractivity contribution in [1.82, 2.24) is 9.97 Å². The van der Waals surface area contributed by atoms with E-state index in [0.29, 0.717) is 21.4 Å². The van der Waals surface area contributed by atoms with Crippen LogP contribution >= 0.6 is 22.9 Å². The van der Waals surface area contributed by atoms with Crippen LogP contribution in [0.4, 0.5) is 5.13 Å². The van der Waals surface area contributed by atoms with Crippen LogP contribution in [-0.2, 0) is 4.79 Å².